The van der Waals surface area contributed by atoms with Gasteiger partial charge in [0, 0.05) is 5.92 Å². The van der Waals surface area contributed by atoms with Crippen LogP contribution < -0.4 is 5.32 Å². The SMILES string of the molecule is CCc1cccc(NC(=O)C2CCCCC2C)c1C(=O)O. The van der Waals surface area contributed by atoms with E-state index in [0.717, 1.165) is 24.8 Å². The zero-order valence-corrected chi connectivity index (χ0v) is 12.7. The molecule has 0 spiro atoms. The minimum atomic E-state index is -0.987. The molecule has 0 bridgehead atoms. The van der Waals surface area contributed by atoms with E-state index in [2.05, 4.69) is 12.2 Å². The number of aryl methyl sites for hydroxylation is 1. The van der Waals surface area contributed by atoms with E-state index >= 15 is 0 Å². The Morgan fingerprint density at radius 3 is 2.62 bits per heavy atom. The molecule has 4 nitrogen and oxygen atoms in total. The molecule has 4 heteroatoms. The summed E-state index contributed by atoms with van der Waals surface area (Å²) in [6.45, 7) is 4.01. The van der Waals surface area contributed by atoms with Gasteiger partial charge in [0.25, 0.3) is 0 Å². The van der Waals surface area contributed by atoms with Gasteiger partial charge in [-0.2, -0.15) is 0 Å². The summed E-state index contributed by atoms with van der Waals surface area (Å²) in [5.74, 6) is -0.676. The minimum Gasteiger partial charge on any atom is -0.478 e. The van der Waals surface area contributed by atoms with E-state index in [4.69, 9.17) is 0 Å². The summed E-state index contributed by atoms with van der Waals surface area (Å²) < 4.78 is 0. The Balaban J connectivity index is 2.22. The van der Waals surface area contributed by atoms with Crippen molar-refractivity contribution in [2.24, 2.45) is 11.8 Å². The number of aromatic carboxylic acids is 1. The van der Waals surface area contributed by atoms with Crippen LogP contribution in [0.1, 0.15) is 55.5 Å². The molecule has 1 aromatic carbocycles. The molecule has 0 saturated heterocycles. The largest absolute Gasteiger partial charge is 0.478 e. The van der Waals surface area contributed by atoms with Crippen LogP contribution in [0.15, 0.2) is 18.2 Å². The second-order valence-electron chi connectivity index (χ2n) is 5.86. The standard InChI is InChI=1S/C17H23NO3/c1-3-12-8-6-10-14(15(12)17(20)21)18-16(19)13-9-5-4-7-11(13)2/h6,8,10-11,13H,3-5,7,9H2,1-2H3,(H,18,19)(H,20,21). The normalized spacial score (nSPS) is 21.8. The summed E-state index contributed by atoms with van der Waals surface area (Å²) in [4.78, 5) is 23.9. The Kier molecular flexibility index (Phi) is 4.99. The molecule has 1 amide bonds. The molecule has 2 rings (SSSR count). The number of benzene rings is 1. The Bertz CT molecular complexity index is 539. The van der Waals surface area contributed by atoms with Crippen molar-refractivity contribution in [2.75, 3.05) is 5.32 Å². The molecule has 2 atom stereocenters. The molecule has 0 aliphatic heterocycles. The monoisotopic (exact) mass is 289 g/mol. The van der Waals surface area contributed by atoms with Gasteiger partial charge in [-0.3, -0.25) is 4.79 Å². The lowest BCUT2D eigenvalue weighted by atomic mass is 9.80. The molecular formula is C17H23NO3. The Morgan fingerprint density at radius 2 is 2.00 bits per heavy atom. The summed E-state index contributed by atoms with van der Waals surface area (Å²) in [5, 5.41) is 12.2. The highest BCUT2D eigenvalue weighted by molar-refractivity contribution is 6.02. The topological polar surface area (TPSA) is 66.4 Å². The van der Waals surface area contributed by atoms with Crippen LogP contribution >= 0.6 is 0 Å². The summed E-state index contributed by atoms with van der Waals surface area (Å²) >= 11 is 0. The summed E-state index contributed by atoms with van der Waals surface area (Å²) in [6, 6.07) is 5.27. The van der Waals surface area contributed by atoms with Gasteiger partial charge in [-0.1, -0.05) is 38.8 Å². The van der Waals surface area contributed by atoms with E-state index in [0.29, 0.717) is 18.0 Å². The zero-order chi connectivity index (χ0) is 15.4. The van der Waals surface area contributed by atoms with Crippen LogP contribution in [0.3, 0.4) is 0 Å². The van der Waals surface area contributed by atoms with Gasteiger partial charge >= 0.3 is 5.97 Å². The van der Waals surface area contributed by atoms with Crippen LogP contribution in [0, 0.1) is 11.8 Å². The highest BCUT2D eigenvalue weighted by atomic mass is 16.4. The first-order valence-corrected chi connectivity index (χ1v) is 7.70. The summed E-state index contributed by atoms with van der Waals surface area (Å²) in [7, 11) is 0. The summed E-state index contributed by atoms with van der Waals surface area (Å²) in [5.41, 5.74) is 1.39. The van der Waals surface area contributed by atoms with Crippen molar-refractivity contribution in [3.05, 3.63) is 29.3 Å². The highest BCUT2D eigenvalue weighted by Gasteiger charge is 2.28. The Morgan fingerprint density at radius 1 is 1.29 bits per heavy atom. The lowest BCUT2D eigenvalue weighted by Gasteiger charge is -2.27. The highest BCUT2D eigenvalue weighted by Crippen LogP contribution is 2.31. The number of hydrogen-bond acceptors (Lipinski definition) is 2. The molecule has 1 saturated carbocycles. The molecule has 1 aromatic rings. The second kappa shape index (κ2) is 6.74. The maximum absolute atomic E-state index is 12.4. The molecule has 21 heavy (non-hydrogen) atoms. The third-order valence-corrected chi connectivity index (χ3v) is 4.45. The molecule has 1 fully saturated rings. The number of hydrogen-bond donors (Lipinski definition) is 2. The van der Waals surface area contributed by atoms with Gasteiger partial charge < -0.3 is 10.4 Å². The fourth-order valence-electron chi connectivity index (χ4n) is 3.18. The third-order valence-electron chi connectivity index (χ3n) is 4.45. The van der Waals surface area contributed by atoms with Crippen molar-refractivity contribution in [1.29, 1.82) is 0 Å². The maximum Gasteiger partial charge on any atom is 0.338 e. The van der Waals surface area contributed by atoms with Crippen LogP contribution in [0.2, 0.25) is 0 Å². The Hall–Kier alpha value is -1.84. The first-order valence-electron chi connectivity index (χ1n) is 7.70. The maximum atomic E-state index is 12.4. The van der Waals surface area contributed by atoms with E-state index < -0.39 is 5.97 Å². The zero-order valence-electron chi connectivity index (χ0n) is 12.7. The smallest absolute Gasteiger partial charge is 0.338 e. The first kappa shape index (κ1) is 15.5. The number of anilines is 1. The number of carbonyl (C=O) groups excluding carboxylic acids is 1. The molecule has 2 unspecified atom stereocenters. The van der Waals surface area contributed by atoms with E-state index in [1.54, 1.807) is 18.2 Å². The van der Waals surface area contributed by atoms with Crippen molar-refractivity contribution >= 4 is 17.6 Å². The molecular weight excluding hydrogens is 266 g/mol. The predicted molar refractivity (Wildman–Crippen MR) is 82.5 cm³/mol. The van der Waals surface area contributed by atoms with Gasteiger partial charge in [-0.15, -0.1) is 0 Å². The number of amides is 1. The van der Waals surface area contributed by atoms with E-state index in [1.807, 2.05) is 6.92 Å². The first-order chi connectivity index (χ1) is 10.0. The number of carboxylic acids is 1. The Labute approximate surface area is 125 Å². The van der Waals surface area contributed by atoms with Crippen LogP contribution in [0.4, 0.5) is 5.69 Å². The van der Waals surface area contributed by atoms with Crippen molar-refractivity contribution in [1.82, 2.24) is 0 Å². The van der Waals surface area contributed by atoms with Crippen LogP contribution in [0.5, 0.6) is 0 Å². The number of nitrogens with one attached hydrogen (secondary N) is 1. The quantitative estimate of drug-likeness (QED) is 0.888. The van der Waals surface area contributed by atoms with Gasteiger partial charge in [-0.05, 0) is 36.8 Å². The predicted octanol–water partition coefficient (Wildman–Crippen LogP) is 3.71. The van der Waals surface area contributed by atoms with Crippen molar-refractivity contribution < 1.29 is 14.7 Å². The van der Waals surface area contributed by atoms with Crippen LogP contribution in [-0.4, -0.2) is 17.0 Å². The fraction of sp³-hybridized carbons (Fsp3) is 0.529. The van der Waals surface area contributed by atoms with Gasteiger partial charge in [0.15, 0.2) is 0 Å². The average Bonchev–Trinajstić information content (AvgIpc) is 2.46. The lowest BCUT2D eigenvalue weighted by molar-refractivity contribution is -0.122. The van der Waals surface area contributed by atoms with Crippen LogP contribution in [0.25, 0.3) is 0 Å². The van der Waals surface area contributed by atoms with Gasteiger partial charge in [0.1, 0.15) is 0 Å². The van der Waals surface area contributed by atoms with Crippen LogP contribution in [-0.2, 0) is 11.2 Å². The molecule has 0 radical (unpaired) electrons. The van der Waals surface area contributed by atoms with Gasteiger partial charge in [-0.25, -0.2) is 4.79 Å². The summed E-state index contributed by atoms with van der Waals surface area (Å²) in [6.07, 6.45) is 4.84. The van der Waals surface area contributed by atoms with E-state index in [9.17, 15) is 14.7 Å². The molecule has 114 valence electrons. The average molecular weight is 289 g/mol. The molecule has 0 aromatic heterocycles. The fourth-order valence-corrected chi connectivity index (χ4v) is 3.18. The molecule has 2 N–H and O–H groups in total. The minimum absolute atomic E-state index is 0.00863. The lowest BCUT2D eigenvalue weighted by Crippen LogP contribution is -2.31. The van der Waals surface area contributed by atoms with Gasteiger partial charge in [0.05, 0.1) is 11.3 Å². The molecule has 1 aliphatic carbocycles. The van der Waals surface area contributed by atoms with Crippen molar-refractivity contribution in [3.8, 4) is 0 Å². The number of rotatable bonds is 4. The molecule has 0 heterocycles. The molecule has 1 aliphatic rings. The van der Waals surface area contributed by atoms with Gasteiger partial charge in [0.2, 0.25) is 5.91 Å². The third kappa shape index (κ3) is 3.43. The number of carbonyl (C=O) groups is 2. The van der Waals surface area contributed by atoms with Crippen molar-refractivity contribution in [2.45, 2.75) is 46.0 Å². The second-order valence-corrected chi connectivity index (χ2v) is 5.86. The van der Waals surface area contributed by atoms with E-state index in [1.165, 1.54) is 6.42 Å². The number of carboxylic acid groups (broad SMARTS) is 1. The van der Waals surface area contributed by atoms with Crippen molar-refractivity contribution in [3.63, 3.8) is 0 Å². The van der Waals surface area contributed by atoms with E-state index in [-0.39, 0.29) is 17.4 Å².